The molecule has 0 amide bonds. The monoisotopic (exact) mass is 370 g/mol. The van der Waals surface area contributed by atoms with Gasteiger partial charge in [0.25, 0.3) is 15.7 Å². The molecule has 1 aromatic heterocycles. The number of aliphatic carboxylic acids is 1. The molecule has 0 saturated carbocycles. The third kappa shape index (κ3) is 3.61. The highest BCUT2D eigenvalue weighted by Gasteiger charge is 2.35. The highest BCUT2D eigenvalue weighted by Crippen LogP contribution is 2.27. The Kier molecular flexibility index (Phi) is 5.32. The molecule has 10 heteroatoms. The van der Waals surface area contributed by atoms with Crippen molar-refractivity contribution < 1.29 is 23.2 Å². The number of hydrogen-bond acceptors (Lipinski definition) is 6. The van der Waals surface area contributed by atoms with Crippen molar-refractivity contribution in [2.24, 2.45) is 0 Å². The molecule has 1 N–H and O–H groups in total. The van der Waals surface area contributed by atoms with Crippen molar-refractivity contribution >= 4 is 33.0 Å². The predicted molar refractivity (Wildman–Crippen MR) is 87.2 cm³/mol. The van der Waals surface area contributed by atoms with E-state index in [9.17, 15) is 28.4 Å². The van der Waals surface area contributed by atoms with Gasteiger partial charge >= 0.3 is 5.97 Å². The minimum Gasteiger partial charge on any atom is -0.480 e. The molecule has 0 unspecified atom stereocenters. The molecule has 8 nitrogen and oxygen atoms in total. The number of para-hydroxylation sites is 1. The van der Waals surface area contributed by atoms with Crippen LogP contribution in [0.5, 0.6) is 0 Å². The molecule has 0 fully saturated rings. The van der Waals surface area contributed by atoms with E-state index in [4.69, 9.17) is 0 Å². The number of hydrogen-bond donors (Lipinski definition) is 1. The predicted octanol–water partition coefficient (Wildman–Crippen LogP) is 2.32. The maximum absolute atomic E-state index is 12.7. The highest BCUT2D eigenvalue weighted by atomic mass is 32.2. The lowest BCUT2D eigenvalue weighted by atomic mass is 10.1. The van der Waals surface area contributed by atoms with Crippen LogP contribution in [0.3, 0.4) is 0 Å². The molecule has 1 heterocycles. The van der Waals surface area contributed by atoms with Crippen LogP contribution >= 0.6 is 11.3 Å². The second kappa shape index (κ2) is 7.07. The molecule has 0 saturated heterocycles. The normalized spacial score (nSPS) is 12.9. The first-order chi connectivity index (χ1) is 11.2. The summed E-state index contributed by atoms with van der Waals surface area (Å²) < 4.78 is 26.2. The van der Waals surface area contributed by atoms with E-state index < -0.39 is 33.5 Å². The fourth-order valence-corrected chi connectivity index (χ4v) is 4.76. The fraction of sp³-hybridized carbons (Fsp3) is 0.214. The van der Waals surface area contributed by atoms with Gasteiger partial charge in [0.15, 0.2) is 0 Å². The van der Waals surface area contributed by atoms with Gasteiger partial charge in [0.05, 0.1) is 4.92 Å². The zero-order valence-electron chi connectivity index (χ0n) is 12.5. The fourth-order valence-electron chi connectivity index (χ4n) is 2.07. The number of sulfonamides is 1. The minimum atomic E-state index is -4.09. The van der Waals surface area contributed by atoms with E-state index >= 15 is 0 Å². The highest BCUT2D eigenvalue weighted by molar-refractivity contribution is 7.91. The Hall–Kier alpha value is -2.30. The summed E-state index contributed by atoms with van der Waals surface area (Å²) in [4.78, 5) is 21.8. The van der Waals surface area contributed by atoms with Crippen molar-refractivity contribution in [2.75, 3.05) is 0 Å². The molecule has 0 bridgehead atoms. The Bertz CT molecular complexity index is 848. The number of carboxylic acids is 1. The number of carboxylic acid groups (broad SMARTS) is 1. The van der Waals surface area contributed by atoms with Crippen LogP contribution in [0.15, 0.2) is 46.0 Å². The summed E-state index contributed by atoms with van der Waals surface area (Å²) >= 11 is 0.952. The molecule has 2 rings (SSSR count). The van der Waals surface area contributed by atoms with Gasteiger partial charge in [-0.3, -0.25) is 14.9 Å². The van der Waals surface area contributed by atoms with E-state index in [0.29, 0.717) is 0 Å². The Balaban J connectivity index is 2.50. The number of benzene rings is 1. The molecule has 2 aromatic rings. The molecular formula is C14H14N2O6S2. The Morgan fingerprint density at radius 1 is 1.33 bits per heavy atom. The van der Waals surface area contributed by atoms with Crippen LogP contribution in [0, 0.1) is 10.1 Å². The number of nitro groups is 1. The van der Waals surface area contributed by atoms with Crippen LogP contribution in [0.25, 0.3) is 0 Å². The van der Waals surface area contributed by atoms with Gasteiger partial charge in [-0.15, -0.1) is 11.3 Å². The topological polar surface area (TPSA) is 118 Å². The lowest BCUT2D eigenvalue weighted by Gasteiger charge is -2.25. The van der Waals surface area contributed by atoms with Gasteiger partial charge in [-0.2, -0.15) is 4.31 Å². The van der Waals surface area contributed by atoms with Gasteiger partial charge in [-0.25, -0.2) is 8.42 Å². The molecule has 1 atom stereocenters. The van der Waals surface area contributed by atoms with Crippen molar-refractivity contribution in [1.82, 2.24) is 4.31 Å². The molecule has 0 aliphatic rings. The van der Waals surface area contributed by atoms with Gasteiger partial charge in [-0.05, 0) is 18.4 Å². The van der Waals surface area contributed by atoms with Gasteiger partial charge in [0.1, 0.15) is 10.3 Å². The lowest BCUT2D eigenvalue weighted by molar-refractivity contribution is -0.385. The van der Waals surface area contributed by atoms with Crippen molar-refractivity contribution in [2.45, 2.75) is 23.7 Å². The summed E-state index contributed by atoms with van der Waals surface area (Å²) in [5.41, 5.74) is -0.141. The Morgan fingerprint density at radius 2 is 2.00 bits per heavy atom. The van der Waals surface area contributed by atoms with Crippen molar-refractivity contribution in [3.05, 3.63) is 57.5 Å². The molecule has 128 valence electrons. The maximum atomic E-state index is 12.7. The quantitative estimate of drug-likeness (QED) is 0.590. The zero-order valence-corrected chi connectivity index (χ0v) is 14.2. The minimum absolute atomic E-state index is 0.0193. The maximum Gasteiger partial charge on any atom is 0.321 e. The second-order valence-corrected chi connectivity index (χ2v) is 7.95. The Labute approximate surface area is 142 Å². The molecule has 24 heavy (non-hydrogen) atoms. The summed E-state index contributed by atoms with van der Waals surface area (Å²) in [5.74, 6) is -1.34. The van der Waals surface area contributed by atoms with E-state index in [-0.39, 0.29) is 15.5 Å². The summed E-state index contributed by atoms with van der Waals surface area (Å²) in [5, 5.41) is 21.9. The van der Waals surface area contributed by atoms with Gasteiger partial charge in [0.2, 0.25) is 0 Å². The van der Waals surface area contributed by atoms with Crippen LogP contribution in [0.1, 0.15) is 12.5 Å². The van der Waals surface area contributed by atoms with Crippen LogP contribution < -0.4 is 0 Å². The van der Waals surface area contributed by atoms with E-state index in [2.05, 4.69) is 0 Å². The molecule has 0 spiro atoms. The number of thiophene rings is 1. The third-order valence-electron chi connectivity index (χ3n) is 3.36. The third-order valence-corrected chi connectivity index (χ3v) is 6.65. The van der Waals surface area contributed by atoms with Crippen LogP contribution in [0.2, 0.25) is 0 Å². The molecule has 0 radical (unpaired) electrons. The molecular weight excluding hydrogens is 356 g/mol. The Morgan fingerprint density at radius 3 is 2.54 bits per heavy atom. The average molecular weight is 370 g/mol. The van der Waals surface area contributed by atoms with Crippen molar-refractivity contribution in [3.8, 4) is 0 Å². The summed E-state index contributed by atoms with van der Waals surface area (Å²) in [6.45, 7) is 0.813. The number of rotatable bonds is 7. The number of nitro benzene ring substituents is 1. The summed E-state index contributed by atoms with van der Waals surface area (Å²) in [7, 11) is -4.09. The average Bonchev–Trinajstić information content (AvgIpc) is 3.07. The summed E-state index contributed by atoms with van der Waals surface area (Å²) in [6.07, 6.45) is 0. The molecule has 1 aromatic carbocycles. The smallest absolute Gasteiger partial charge is 0.321 e. The number of carbonyl (C=O) groups is 1. The van der Waals surface area contributed by atoms with Crippen molar-refractivity contribution in [3.63, 3.8) is 0 Å². The SMILES string of the molecule is C[C@@H](C(=O)O)N(Cc1ccccc1[N+](=O)[O-])S(=O)(=O)c1cccs1. The first-order valence-corrected chi connectivity index (χ1v) is 9.07. The first kappa shape index (κ1) is 18.0. The first-order valence-electron chi connectivity index (χ1n) is 6.75. The second-order valence-electron chi connectivity index (χ2n) is 4.88. The number of nitrogens with zero attached hydrogens (tertiary/aromatic N) is 2. The lowest BCUT2D eigenvalue weighted by Crippen LogP contribution is -2.42. The van der Waals surface area contributed by atoms with Crippen LogP contribution in [-0.2, 0) is 21.4 Å². The summed E-state index contributed by atoms with van der Waals surface area (Å²) in [6, 6.07) is 7.16. The van der Waals surface area contributed by atoms with E-state index in [1.807, 2.05) is 0 Å². The standard InChI is InChI=1S/C14H14N2O6S2/c1-10(14(17)18)15(24(21,22)13-7-4-8-23-13)9-11-5-2-3-6-12(11)16(19)20/h2-8,10H,9H2,1H3,(H,17,18)/t10-/m0/s1. The largest absolute Gasteiger partial charge is 0.480 e. The molecule has 0 aliphatic carbocycles. The van der Waals surface area contributed by atoms with E-state index in [0.717, 1.165) is 15.6 Å². The molecule has 0 aliphatic heterocycles. The van der Waals surface area contributed by atoms with Gasteiger partial charge in [0, 0.05) is 18.2 Å². The van der Waals surface area contributed by atoms with Crippen LogP contribution in [0.4, 0.5) is 5.69 Å². The zero-order chi connectivity index (χ0) is 17.9. The van der Waals surface area contributed by atoms with Gasteiger partial charge in [-0.1, -0.05) is 24.3 Å². The van der Waals surface area contributed by atoms with Gasteiger partial charge < -0.3 is 5.11 Å². The van der Waals surface area contributed by atoms with E-state index in [1.165, 1.54) is 43.3 Å². The van der Waals surface area contributed by atoms with E-state index in [1.54, 1.807) is 5.38 Å². The van der Waals surface area contributed by atoms with Crippen LogP contribution in [-0.4, -0.2) is 34.8 Å². The van der Waals surface area contributed by atoms with Crippen molar-refractivity contribution in [1.29, 1.82) is 0 Å².